The van der Waals surface area contributed by atoms with Crippen LogP contribution in [0.1, 0.15) is 41.3 Å². The number of nitrogens with zero attached hydrogens (tertiary/aromatic N) is 3. The van der Waals surface area contributed by atoms with E-state index in [1.807, 2.05) is 104 Å². The van der Waals surface area contributed by atoms with Crippen molar-refractivity contribution < 1.29 is 9.59 Å². The van der Waals surface area contributed by atoms with Crippen molar-refractivity contribution in [1.82, 2.24) is 9.47 Å². The fourth-order valence-corrected chi connectivity index (χ4v) is 5.46. The monoisotopic (exact) mass is 524 g/mol. The van der Waals surface area contributed by atoms with Gasteiger partial charge in [-0.25, -0.2) is 4.79 Å². The largest absolute Gasteiger partial charge is 0.322 e. The van der Waals surface area contributed by atoms with Crippen LogP contribution in [-0.4, -0.2) is 34.0 Å². The second-order valence-corrected chi connectivity index (χ2v) is 10.6. The smallest absolute Gasteiger partial charge is 0.316 e. The van der Waals surface area contributed by atoms with E-state index < -0.39 is 0 Å². The number of anilines is 2. The van der Waals surface area contributed by atoms with Crippen molar-refractivity contribution in [1.29, 1.82) is 0 Å². The molecule has 3 aromatic carbocycles. The van der Waals surface area contributed by atoms with Crippen LogP contribution in [0, 0.1) is 13.8 Å². The van der Waals surface area contributed by atoms with Crippen molar-refractivity contribution >= 4 is 34.9 Å². The van der Waals surface area contributed by atoms with Crippen LogP contribution in [-0.2, 0) is 4.79 Å². The number of urea groups is 1. The number of halogens is 1. The molecule has 1 N–H and O–H groups in total. The first-order valence-electron chi connectivity index (χ1n) is 12.9. The van der Waals surface area contributed by atoms with Crippen LogP contribution in [0.15, 0.2) is 85.1 Å². The number of aromatic nitrogens is 1. The Labute approximate surface area is 227 Å². The van der Waals surface area contributed by atoms with Crippen molar-refractivity contribution in [2.45, 2.75) is 38.8 Å². The Morgan fingerprint density at radius 2 is 1.68 bits per heavy atom. The molecule has 4 aromatic rings. The van der Waals surface area contributed by atoms with Crippen LogP contribution < -0.4 is 10.2 Å². The minimum Gasteiger partial charge on any atom is -0.316 e. The number of carbonyl (C=O) groups excluding carboxylic acids is 2. The van der Waals surface area contributed by atoms with Gasteiger partial charge in [-0.2, -0.15) is 0 Å². The molecule has 192 valence electrons. The third kappa shape index (κ3) is 4.45. The summed E-state index contributed by atoms with van der Waals surface area (Å²) in [5.41, 5.74) is 6.58. The summed E-state index contributed by atoms with van der Waals surface area (Å²) >= 11 is 6.20. The molecule has 1 saturated carbocycles. The minimum atomic E-state index is -0.354. The maximum absolute atomic E-state index is 14.2. The van der Waals surface area contributed by atoms with Gasteiger partial charge in [-0.05, 0) is 80.3 Å². The van der Waals surface area contributed by atoms with Gasteiger partial charge in [0, 0.05) is 22.9 Å². The van der Waals surface area contributed by atoms with Crippen molar-refractivity contribution in [2.75, 3.05) is 16.8 Å². The van der Waals surface area contributed by atoms with Crippen molar-refractivity contribution in [3.63, 3.8) is 0 Å². The van der Waals surface area contributed by atoms with E-state index in [4.69, 9.17) is 11.6 Å². The molecule has 0 saturated heterocycles. The predicted molar refractivity (Wildman–Crippen MR) is 151 cm³/mol. The maximum atomic E-state index is 14.2. The molecule has 3 amide bonds. The normalized spacial score (nSPS) is 16.0. The van der Waals surface area contributed by atoms with E-state index in [0.717, 1.165) is 52.3 Å². The Bertz CT molecular complexity index is 1520. The molecular formula is C31H29ClN4O2. The van der Waals surface area contributed by atoms with Gasteiger partial charge in [0.2, 0.25) is 5.91 Å². The number of rotatable bonds is 5. The number of aryl methyl sites for hydroxylation is 2. The van der Waals surface area contributed by atoms with Crippen LogP contribution in [0.4, 0.5) is 16.2 Å². The van der Waals surface area contributed by atoms with Gasteiger partial charge in [-0.15, -0.1) is 0 Å². The van der Waals surface area contributed by atoms with Crippen LogP contribution in [0.3, 0.4) is 0 Å². The highest BCUT2D eigenvalue weighted by Crippen LogP contribution is 2.42. The average molecular weight is 525 g/mol. The van der Waals surface area contributed by atoms with Gasteiger partial charge >= 0.3 is 6.03 Å². The minimum absolute atomic E-state index is 0.0134. The van der Waals surface area contributed by atoms with Crippen LogP contribution in [0.25, 0.3) is 5.69 Å². The fraction of sp³-hybridized carbons (Fsp3) is 0.226. The molecule has 1 aliphatic heterocycles. The highest BCUT2D eigenvalue weighted by molar-refractivity contribution is 6.30. The Morgan fingerprint density at radius 1 is 0.947 bits per heavy atom. The molecule has 0 spiro atoms. The van der Waals surface area contributed by atoms with Gasteiger partial charge in [0.25, 0.3) is 0 Å². The molecule has 7 heteroatoms. The van der Waals surface area contributed by atoms with Gasteiger partial charge in [-0.1, -0.05) is 53.6 Å². The first kappa shape index (κ1) is 24.3. The molecule has 0 bridgehead atoms. The first-order chi connectivity index (χ1) is 18.4. The lowest BCUT2D eigenvalue weighted by Crippen LogP contribution is -2.48. The number of nitrogens with one attached hydrogen (secondary N) is 1. The number of para-hydroxylation sites is 2. The second-order valence-electron chi connectivity index (χ2n) is 10.1. The summed E-state index contributed by atoms with van der Waals surface area (Å²) < 4.78 is 2.13. The molecular weight excluding hydrogens is 496 g/mol. The van der Waals surface area contributed by atoms with Crippen LogP contribution in [0.2, 0.25) is 5.02 Å². The SMILES string of the molecule is Cc1ccc(NC(=O)N(CC(=O)N2c3ccccc3-n3cccc3C2c2ccc(Cl)cc2)C2CC2)c(C)c1. The first-order valence-corrected chi connectivity index (χ1v) is 13.3. The van der Waals surface area contributed by atoms with E-state index in [-0.39, 0.29) is 30.6 Å². The Hall–Kier alpha value is -4.03. The molecule has 6 rings (SSSR count). The Balaban J connectivity index is 1.35. The number of amides is 3. The molecule has 38 heavy (non-hydrogen) atoms. The summed E-state index contributed by atoms with van der Waals surface area (Å²) in [7, 11) is 0. The van der Waals surface area contributed by atoms with E-state index in [9.17, 15) is 9.59 Å². The molecule has 1 aliphatic carbocycles. The molecule has 6 nitrogen and oxygen atoms in total. The zero-order chi connectivity index (χ0) is 26.4. The lowest BCUT2D eigenvalue weighted by molar-refractivity contribution is -0.119. The summed E-state index contributed by atoms with van der Waals surface area (Å²) in [6.07, 6.45) is 3.81. The number of benzene rings is 3. The molecule has 2 aliphatic rings. The molecule has 1 unspecified atom stereocenters. The third-order valence-corrected chi connectivity index (χ3v) is 7.60. The van der Waals surface area contributed by atoms with Crippen molar-refractivity contribution in [3.8, 4) is 5.69 Å². The van der Waals surface area contributed by atoms with Gasteiger partial charge in [0.15, 0.2) is 0 Å². The van der Waals surface area contributed by atoms with Gasteiger partial charge in [-0.3, -0.25) is 9.69 Å². The van der Waals surface area contributed by atoms with E-state index >= 15 is 0 Å². The zero-order valence-electron chi connectivity index (χ0n) is 21.4. The maximum Gasteiger partial charge on any atom is 0.322 e. The molecule has 1 atom stereocenters. The summed E-state index contributed by atoms with van der Waals surface area (Å²) in [4.78, 5) is 31.2. The lowest BCUT2D eigenvalue weighted by atomic mass is 9.97. The molecule has 1 fully saturated rings. The van der Waals surface area contributed by atoms with Crippen molar-refractivity contribution in [3.05, 3.63) is 112 Å². The number of carbonyl (C=O) groups is 2. The number of hydrogen-bond acceptors (Lipinski definition) is 2. The molecule has 1 aromatic heterocycles. The van der Waals surface area contributed by atoms with Gasteiger partial charge < -0.3 is 14.8 Å². The topological polar surface area (TPSA) is 57.6 Å². The van der Waals surface area contributed by atoms with Crippen molar-refractivity contribution in [2.24, 2.45) is 0 Å². The Kier molecular flexibility index (Phi) is 6.20. The van der Waals surface area contributed by atoms with E-state index in [1.54, 1.807) is 4.90 Å². The van der Waals surface area contributed by atoms with E-state index in [1.165, 1.54) is 0 Å². The zero-order valence-corrected chi connectivity index (χ0v) is 22.2. The summed E-state index contributed by atoms with van der Waals surface area (Å²) in [5.74, 6) is -0.132. The lowest BCUT2D eigenvalue weighted by Gasteiger charge is -2.39. The highest BCUT2D eigenvalue weighted by Gasteiger charge is 2.40. The third-order valence-electron chi connectivity index (χ3n) is 7.35. The number of hydrogen-bond donors (Lipinski definition) is 1. The van der Waals surface area contributed by atoms with Gasteiger partial charge in [0.1, 0.15) is 12.6 Å². The number of fused-ring (bicyclic) bond motifs is 3. The summed E-state index contributed by atoms with van der Waals surface area (Å²) in [6.45, 7) is 3.99. The molecule has 0 radical (unpaired) electrons. The van der Waals surface area contributed by atoms with Crippen LogP contribution in [0.5, 0.6) is 0 Å². The second kappa shape index (κ2) is 9.69. The molecule has 2 heterocycles. The highest BCUT2D eigenvalue weighted by atomic mass is 35.5. The standard InChI is InChI=1S/C31H29ClN4O2/c1-20-9-16-25(21(2)18-20)33-31(38)35(24-14-15-24)19-29(37)36-27-7-4-3-6-26(27)34-17-5-8-28(34)30(36)22-10-12-23(32)13-11-22/h3-13,16-18,24,30H,14-15,19H2,1-2H3,(H,33,38). The quantitative estimate of drug-likeness (QED) is 0.309. The summed E-state index contributed by atoms with van der Waals surface area (Å²) in [5, 5.41) is 3.68. The summed E-state index contributed by atoms with van der Waals surface area (Å²) in [6, 6.07) is 25.0. The predicted octanol–water partition coefficient (Wildman–Crippen LogP) is 6.88. The van der Waals surface area contributed by atoms with Gasteiger partial charge in [0.05, 0.1) is 17.1 Å². The fourth-order valence-electron chi connectivity index (χ4n) is 5.34. The average Bonchev–Trinajstić information content (AvgIpc) is 3.63. The van der Waals surface area contributed by atoms with E-state index in [2.05, 4.69) is 9.88 Å². The Morgan fingerprint density at radius 3 is 2.39 bits per heavy atom. The van der Waals surface area contributed by atoms with Crippen LogP contribution >= 0.6 is 11.6 Å². The van der Waals surface area contributed by atoms with E-state index in [0.29, 0.717) is 5.02 Å².